The third kappa shape index (κ3) is 1.10. The van der Waals surface area contributed by atoms with Crippen LogP contribution < -0.4 is 0 Å². The zero-order valence-corrected chi connectivity index (χ0v) is 5.16. The minimum Gasteiger partial charge on any atom is -0.249 e. The highest BCUT2D eigenvalue weighted by Crippen LogP contribution is 1.92. The predicted octanol–water partition coefficient (Wildman–Crippen LogP) is 0.119. The number of alkyl halides is 1. The molecule has 0 fully saturated rings. The molecule has 0 spiro atoms. The van der Waals surface area contributed by atoms with Crippen molar-refractivity contribution in [1.82, 2.24) is 15.0 Å². The van der Waals surface area contributed by atoms with E-state index in [0.717, 1.165) is 0 Å². The standard InChI is InChI=1S/C5H5FN4/c6-1-2-10-5(3-7)4-8-9-10/h4H,1-2H2. The van der Waals surface area contributed by atoms with E-state index in [1.807, 2.05) is 6.07 Å². The van der Waals surface area contributed by atoms with Gasteiger partial charge in [-0.05, 0) is 0 Å². The van der Waals surface area contributed by atoms with Crippen molar-refractivity contribution in [3.05, 3.63) is 11.9 Å². The van der Waals surface area contributed by atoms with Crippen LogP contribution in [0.2, 0.25) is 0 Å². The number of halogens is 1. The highest BCUT2D eigenvalue weighted by Gasteiger charge is 1.99. The van der Waals surface area contributed by atoms with Crippen molar-refractivity contribution in [1.29, 1.82) is 5.26 Å². The molecule has 0 N–H and O–H groups in total. The van der Waals surface area contributed by atoms with Gasteiger partial charge in [-0.15, -0.1) is 5.10 Å². The van der Waals surface area contributed by atoms with Gasteiger partial charge in [0.2, 0.25) is 0 Å². The molecule has 0 unspecified atom stereocenters. The van der Waals surface area contributed by atoms with E-state index in [-0.39, 0.29) is 12.2 Å². The molecule has 0 bridgehead atoms. The van der Waals surface area contributed by atoms with E-state index in [9.17, 15) is 4.39 Å². The summed E-state index contributed by atoms with van der Waals surface area (Å²) in [4.78, 5) is 0. The number of nitriles is 1. The molecule has 1 heterocycles. The van der Waals surface area contributed by atoms with Crippen molar-refractivity contribution in [2.45, 2.75) is 6.54 Å². The van der Waals surface area contributed by atoms with Gasteiger partial charge in [-0.25, -0.2) is 9.07 Å². The Morgan fingerprint density at radius 1 is 1.80 bits per heavy atom. The Kier molecular flexibility index (Phi) is 1.95. The summed E-state index contributed by atoms with van der Waals surface area (Å²) in [7, 11) is 0. The molecule has 1 aromatic rings. The van der Waals surface area contributed by atoms with E-state index in [2.05, 4.69) is 10.3 Å². The molecule has 0 amide bonds. The first-order valence-corrected chi connectivity index (χ1v) is 2.73. The average Bonchev–Trinajstić information content (AvgIpc) is 2.36. The Morgan fingerprint density at radius 2 is 2.60 bits per heavy atom. The van der Waals surface area contributed by atoms with E-state index in [0.29, 0.717) is 0 Å². The second kappa shape index (κ2) is 2.92. The first kappa shape index (κ1) is 6.68. The minimum absolute atomic E-state index is 0.100. The fraction of sp³-hybridized carbons (Fsp3) is 0.400. The van der Waals surface area contributed by atoms with E-state index >= 15 is 0 Å². The van der Waals surface area contributed by atoms with Gasteiger partial charge < -0.3 is 0 Å². The van der Waals surface area contributed by atoms with Crippen LogP contribution in [0.25, 0.3) is 0 Å². The summed E-state index contributed by atoms with van der Waals surface area (Å²) in [6, 6.07) is 1.83. The molecule has 0 aliphatic carbocycles. The number of aryl methyl sites for hydroxylation is 1. The number of rotatable bonds is 2. The molecule has 0 aliphatic heterocycles. The lowest BCUT2D eigenvalue weighted by Gasteiger charge is -1.92. The first-order valence-electron chi connectivity index (χ1n) is 2.73. The predicted molar refractivity (Wildman–Crippen MR) is 30.7 cm³/mol. The highest BCUT2D eigenvalue weighted by molar-refractivity contribution is 5.14. The van der Waals surface area contributed by atoms with Crippen LogP contribution in [0.5, 0.6) is 0 Å². The molecule has 1 aromatic heterocycles. The number of hydrogen-bond acceptors (Lipinski definition) is 3. The first-order chi connectivity index (χ1) is 4.88. The monoisotopic (exact) mass is 140 g/mol. The van der Waals surface area contributed by atoms with E-state index < -0.39 is 6.67 Å². The smallest absolute Gasteiger partial charge is 0.158 e. The molecule has 4 nitrogen and oxygen atoms in total. The van der Waals surface area contributed by atoms with Gasteiger partial charge in [0.05, 0.1) is 12.7 Å². The van der Waals surface area contributed by atoms with Gasteiger partial charge >= 0.3 is 0 Å². The largest absolute Gasteiger partial charge is 0.249 e. The number of nitrogens with zero attached hydrogens (tertiary/aromatic N) is 4. The molecule has 0 saturated carbocycles. The molecule has 5 heteroatoms. The van der Waals surface area contributed by atoms with Crippen molar-refractivity contribution in [3.63, 3.8) is 0 Å². The third-order valence-corrected chi connectivity index (χ3v) is 1.03. The molecule has 10 heavy (non-hydrogen) atoms. The van der Waals surface area contributed by atoms with Gasteiger partial charge in [0.15, 0.2) is 5.69 Å². The molecule has 0 aliphatic rings. The normalized spacial score (nSPS) is 9.20. The van der Waals surface area contributed by atoms with Crippen LogP contribution in [0.3, 0.4) is 0 Å². The summed E-state index contributed by atoms with van der Waals surface area (Å²) in [6.45, 7) is -0.430. The fourth-order valence-corrected chi connectivity index (χ4v) is 0.589. The van der Waals surface area contributed by atoms with Crippen molar-refractivity contribution < 1.29 is 4.39 Å². The number of hydrogen-bond donors (Lipinski definition) is 0. The molecule has 0 saturated heterocycles. The Hall–Kier alpha value is -1.44. The van der Waals surface area contributed by atoms with Crippen molar-refractivity contribution in [2.24, 2.45) is 0 Å². The molecule has 52 valence electrons. The zero-order chi connectivity index (χ0) is 7.40. The Labute approximate surface area is 56.9 Å². The molecule has 0 atom stereocenters. The maximum atomic E-state index is 11.7. The molecule has 0 radical (unpaired) electrons. The zero-order valence-electron chi connectivity index (χ0n) is 5.16. The van der Waals surface area contributed by atoms with Gasteiger partial charge in [0.25, 0.3) is 0 Å². The maximum absolute atomic E-state index is 11.7. The summed E-state index contributed by atoms with van der Waals surface area (Å²) in [5.74, 6) is 0. The molecule has 0 aromatic carbocycles. The van der Waals surface area contributed by atoms with Crippen LogP contribution in [0, 0.1) is 11.3 Å². The van der Waals surface area contributed by atoms with Gasteiger partial charge in [-0.2, -0.15) is 5.26 Å². The van der Waals surface area contributed by atoms with E-state index in [1.54, 1.807) is 0 Å². The van der Waals surface area contributed by atoms with Gasteiger partial charge in [0, 0.05) is 0 Å². The second-order valence-electron chi connectivity index (χ2n) is 1.64. The highest BCUT2D eigenvalue weighted by atomic mass is 19.1. The summed E-state index contributed by atoms with van der Waals surface area (Å²) in [6.07, 6.45) is 1.30. The lowest BCUT2D eigenvalue weighted by atomic mass is 10.5. The Balaban J connectivity index is 2.82. The van der Waals surface area contributed by atoms with Crippen LogP contribution >= 0.6 is 0 Å². The van der Waals surface area contributed by atoms with Crippen LogP contribution in [0.4, 0.5) is 4.39 Å². The van der Waals surface area contributed by atoms with E-state index in [4.69, 9.17) is 5.26 Å². The van der Waals surface area contributed by atoms with Crippen molar-refractivity contribution >= 4 is 0 Å². The molecule has 1 rings (SSSR count). The average molecular weight is 140 g/mol. The maximum Gasteiger partial charge on any atom is 0.158 e. The van der Waals surface area contributed by atoms with Crippen LogP contribution in [-0.4, -0.2) is 21.7 Å². The van der Waals surface area contributed by atoms with E-state index in [1.165, 1.54) is 10.9 Å². The fourth-order valence-electron chi connectivity index (χ4n) is 0.589. The SMILES string of the molecule is N#Cc1cnnn1CCF. The van der Waals surface area contributed by atoms with Gasteiger partial charge in [-0.1, -0.05) is 5.21 Å². The molecular formula is C5H5FN4. The van der Waals surface area contributed by atoms with Crippen LogP contribution in [0.1, 0.15) is 5.69 Å². The van der Waals surface area contributed by atoms with Crippen molar-refractivity contribution in [3.8, 4) is 6.07 Å². The van der Waals surface area contributed by atoms with Crippen molar-refractivity contribution in [2.75, 3.05) is 6.67 Å². The van der Waals surface area contributed by atoms with Crippen LogP contribution in [-0.2, 0) is 6.54 Å². The Bertz CT molecular complexity index is 248. The number of aromatic nitrogens is 3. The second-order valence-corrected chi connectivity index (χ2v) is 1.64. The summed E-state index contributed by atoms with van der Waals surface area (Å²) < 4.78 is 12.9. The summed E-state index contributed by atoms with van der Waals surface area (Å²) in [5.41, 5.74) is 0.289. The minimum atomic E-state index is -0.530. The van der Waals surface area contributed by atoms with Crippen LogP contribution in [0.15, 0.2) is 6.20 Å². The van der Waals surface area contributed by atoms with Gasteiger partial charge in [0.1, 0.15) is 12.7 Å². The summed E-state index contributed by atoms with van der Waals surface area (Å²) in [5, 5.41) is 15.3. The quantitative estimate of drug-likeness (QED) is 0.586. The molecular weight excluding hydrogens is 135 g/mol. The van der Waals surface area contributed by atoms with Gasteiger partial charge in [-0.3, -0.25) is 0 Å². The Morgan fingerprint density at radius 3 is 3.20 bits per heavy atom. The summed E-state index contributed by atoms with van der Waals surface area (Å²) >= 11 is 0. The lowest BCUT2D eigenvalue weighted by Crippen LogP contribution is -2.03. The lowest BCUT2D eigenvalue weighted by molar-refractivity contribution is 0.420. The topological polar surface area (TPSA) is 54.5 Å². The third-order valence-electron chi connectivity index (χ3n) is 1.03.